The van der Waals surface area contributed by atoms with Gasteiger partial charge in [0.05, 0.1) is 25.9 Å². The van der Waals surface area contributed by atoms with Gasteiger partial charge in [0.25, 0.3) is 0 Å². The lowest BCUT2D eigenvalue weighted by atomic mass is 10.2. The van der Waals surface area contributed by atoms with E-state index in [4.69, 9.17) is 13.9 Å². The smallest absolute Gasteiger partial charge is 0.134 e. The molecule has 1 fully saturated rings. The summed E-state index contributed by atoms with van der Waals surface area (Å²) in [6.07, 6.45) is -0.552. The average molecular weight is 337 g/mol. The third-order valence-electron chi connectivity index (χ3n) is 3.83. The number of nitrogens with zero attached hydrogens (tertiary/aromatic N) is 1. The molecule has 126 valence electrons. The second-order valence-corrected chi connectivity index (χ2v) is 6.85. The van der Waals surface area contributed by atoms with Gasteiger partial charge in [0.15, 0.2) is 0 Å². The van der Waals surface area contributed by atoms with E-state index in [1.54, 1.807) is 11.3 Å². The van der Waals surface area contributed by atoms with Crippen molar-refractivity contribution in [2.45, 2.75) is 25.7 Å². The van der Waals surface area contributed by atoms with Gasteiger partial charge in [0.2, 0.25) is 0 Å². The van der Waals surface area contributed by atoms with Crippen LogP contribution in [0.25, 0.3) is 0 Å². The van der Waals surface area contributed by atoms with Crippen LogP contribution in [-0.2, 0) is 16.1 Å². The molecule has 2 unspecified atom stereocenters. The first kappa shape index (κ1) is 16.7. The fraction of sp³-hybridized carbons (Fsp3) is 0.529. The molecular formula is C17H23NO4S. The minimum atomic E-state index is -0.493. The number of rotatable bonds is 7. The van der Waals surface area contributed by atoms with Crippen LogP contribution < -0.4 is 0 Å². The zero-order chi connectivity index (χ0) is 16.1. The molecule has 1 N–H and O–H groups in total. The number of aliphatic hydroxyl groups excluding tert-OH is 1. The molecule has 1 aliphatic rings. The standard InChI is InChI=1S/C17H23NO4S/c1-13-4-5-16(22-13)17-10-18(6-7-21-17)9-14(19)11-20-12-15-3-2-8-23-15/h2-5,8,14,17,19H,6-7,9-12H2,1H3. The number of thiophene rings is 1. The molecule has 2 aromatic heterocycles. The van der Waals surface area contributed by atoms with Crippen LogP contribution in [0.1, 0.15) is 22.5 Å². The van der Waals surface area contributed by atoms with E-state index in [0.29, 0.717) is 26.4 Å². The van der Waals surface area contributed by atoms with Crippen molar-refractivity contribution < 1.29 is 19.0 Å². The van der Waals surface area contributed by atoms with E-state index in [1.165, 1.54) is 4.88 Å². The van der Waals surface area contributed by atoms with Crippen LogP contribution in [0.5, 0.6) is 0 Å². The number of furan rings is 1. The van der Waals surface area contributed by atoms with Crippen molar-refractivity contribution in [3.63, 3.8) is 0 Å². The maximum atomic E-state index is 10.2. The molecule has 0 radical (unpaired) electrons. The Balaban J connectivity index is 1.41. The highest BCUT2D eigenvalue weighted by atomic mass is 32.1. The lowest BCUT2D eigenvalue weighted by Crippen LogP contribution is -2.43. The maximum absolute atomic E-state index is 10.2. The van der Waals surface area contributed by atoms with Crippen LogP contribution in [-0.4, -0.2) is 49.0 Å². The Hall–Kier alpha value is -1.18. The SMILES string of the molecule is Cc1ccc(C2CN(CC(O)COCc3cccs3)CCO2)o1. The first-order valence-corrected chi connectivity index (χ1v) is 8.77. The van der Waals surface area contributed by atoms with E-state index in [1.807, 2.05) is 36.6 Å². The molecular weight excluding hydrogens is 314 g/mol. The zero-order valence-electron chi connectivity index (χ0n) is 13.3. The molecule has 1 saturated heterocycles. The number of aliphatic hydroxyl groups is 1. The highest BCUT2D eigenvalue weighted by Crippen LogP contribution is 2.24. The maximum Gasteiger partial charge on any atom is 0.134 e. The molecule has 0 amide bonds. The van der Waals surface area contributed by atoms with Crippen molar-refractivity contribution in [2.24, 2.45) is 0 Å². The number of aryl methyl sites for hydroxylation is 1. The fourth-order valence-corrected chi connectivity index (χ4v) is 3.35. The third kappa shape index (κ3) is 4.89. The zero-order valence-corrected chi connectivity index (χ0v) is 14.1. The summed E-state index contributed by atoms with van der Waals surface area (Å²) in [5.41, 5.74) is 0. The van der Waals surface area contributed by atoms with Gasteiger partial charge in [-0.1, -0.05) is 6.07 Å². The van der Waals surface area contributed by atoms with Crippen molar-refractivity contribution >= 4 is 11.3 Å². The average Bonchev–Trinajstić information content (AvgIpc) is 3.19. The van der Waals surface area contributed by atoms with Crippen LogP contribution in [0.3, 0.4) is 0 Å². The van der Waals surface area contributed by atoms with Crippen molar-refractivity contribution in [1.82, 2.24) is 4.90 Å². The Morgan fingerprint density at radius 2 is 2.35 bits per heavy atom. The predicted molar refractivity (Wildman–Crippen MR) is 88.6 cm³/mol. The van der Waals surface area contributed by atoms with Crippen LogP contribution in [0.2, 0.25) is 0 Å². The minimum absolute atomic E-state index is 0.0586. The van der Waals surface area contributed by atoms with Gasteiger partial charge in [-0.05, 0) is 30.5 Å². The summed E-state index contributed by atoms with van der Waals surface area (Å²) in [6, 6.07) is 7.95. The van der Waals surface area contributed by atoms with E-state index >= 15 is 0 Å². The van der Waals surface area contributed by atoms with Crippen molar-refractivity contribution in [1.29, 1.82) is 0 Å². The summed E-state index contributed by atoms with van der Waals surface area (Å²) in [6.45, 7) is 5.62. The van der Waals surface area contributed by atoms with Gasteiger partial charge >= 0.3 is 0 Å². The van der Waals surface area contributed by atoms with E-state index in [-0.39, 0.29) is 6.10 Å². The number of β-amino-alcohol motifs (C(OH)–C–C–N with tert-alkyl or cyclic N) is 1. The monoisotopic (exact) mass is 337 g/mol. The van der Waals surface area contributed by atoms with Crippen LogP contribution in [0, 0.1) is 6.92 Å². The normalized spacial score (nSPS) is 20.7. The summed E-state index contributed by atoms with van der Waals surface area (Å²) in [7, 11) is 0. The molecule has 3 rings (SSSR count). The van der Waals surface area contributed by atoms with Gasteiger partial charge in [-0.3, -0.25) is 4.90 Å². The molecule has 0 saturated carbocycles. The lowest BCUT2D eigenvalue weighted by Gasteiger charge is -2.33. The molecule has 23 heavy (non-hydrogen) atoms. The number of ether oxygens (including phenoxy) is 2. The Labute approximate surface area is 140 Å². The van der Waals surface area contributed by atoms with Crippen molar-refractivity contribution in [2.75, 3.05) is 32.8 Å². The van der Waals surface area contributed by atoms with E-state index in [2.05, 4.69) is 4.90 Å². The second-order valence-electron chi connectivity index (χ2n) is 5.82. The van der Waals surface area contributed by atoms with E-state index < -0.39 is 6.10 Å². The van der Waals surface area contributed by atoms with Crippen LogP contribution in [0.15, 0.2) is 34.1 Å². The molecule has 0 aliphatic carbocycles. The summed E-state index contributed by atoms with van der Waals surface area (Å²) >= 11 is 1.67. The molecule has 3 heterocycles. The Bertz CT molecular complexity index is 583. The third-order valence-corrected chi connectivity index (χ3v) is 4.68. The molecule has 6 heteroatoms. The molecule has 5 nitrogen and oxygen atoms in total. The van der Waals surface area contributed by atoms with Crippen molar-refractivity contribution in [3.8, 4) is 0 Å². The van der Waals surface area contributed by atoms with Gasteiger partial charge < -0.3 is 19.0 Å². The summed E-state index contributed by atoms with van der Waals surface area (Å²) in [5, 5.41) is 12.2. The van der Waals surface area contributed by atoms with Gasteiger partial charge in [-0.25, -0.2) is 0 Å². The van der Waals surface area contributed by atoms with Gasteiger partial charge in [0, 0.05) is 24.5 Å². The highest BCUT2D eigenvalue weighted by molar-refractivity contribution is 7.09. The lowest BCUT2D eigenvalue weighted by molar-refractivity contribution is -0.0605. The van der Waals surface area contributed by atoms with E-state index in [9.17, 15) is 5.11 Å². The number of hydrogen-bond acceptors (Lipinski definition) is 6. The first-order chi connectivity index (χ1) is 11.2. The second kappa shape index (κ2) is 8.08. The topological polar surface area (TPSA) is 55.1 Å². The quantitative estimate of drug-likeness (QED) is 0.842. The van der Waals surface area contributed by atoms with Crippen LogP contribution >= 0.6 is 11.3 Å². The van der Waals surface area contributed by atoms with Gasteiger partial charge in [-0.15, -0.1) is 11.3 Å². The van der Waals surface area contributed by atoms with Gasteiger partial charge in [-0.2, -0.15) is 0 Å². The largest absolute Gasteiger partial charge is 0.464 e. The summed E-state index contributed by atoms with van der Waals surface area (Å²) in [5.74, 6) is 1.75. The highest BCUT2D eigenvalue weighted by Gasteiger charge is 2.25. The van der Waals surface area contributed by atoms with Gasteiger partial charge in [0.1, 0.15) is 17.6 Å². The first-order valence-electron chi connectivity index (χ1n) is 7.89. The summed E-state index contributed by atoms with van der Waals surface area (Å²) in [4.78, 5) is 3.38. The molecule has 0 spiro atoms. The Morgan fingerprint density at radius 3 is 3.09 bits per heavy atom. The number of morpholine rings is 1. The molecule has 0 bridgehead atoms. The molecule has 1 aliphatic heterocycles. The van der Waals surface area contributed by atoms with E-state index in [0.717, 1.165) is 24.6 Å². The Kier molecular flexibility index (Phi) is 5.85. The fourth-order valence-electron chi connectivity index (χ4n) is 2.71. The van der Waals surface area contributed by atoms with Crippen LogP contribution in [0.4, 0.5) is 0 Å². The van der Waals surface area contributed by atoms with Crippen molar-refractivity contribution in [3.05, 3.63) is 46.0 Å². The molecule has 2 atom stereocenters. The Morgan fingerprint density at radius 1 is 1.43 bits per heavy atom. The minimum Gasteiger partial charge on any atom is -0.464 e. The molecule has 2 aromatic rings. The number of hydrogen-bond donors (Lipinski definition) is 1. The molecule has 0 aromatic carbocycles. The summed E-state index contributed by atoms with van der Waals surface area (Å²) < 4.78 is 17.0. The predicted octanol–water partition coefficient (Wildman–Crippen LogP) is 2.60.